The van der Waals surface area contributed by atoms with E-state index < -0.39 is 5.60 Å². The fourth-order valence-electron chi connectivity index (χ4n) is 4.66. The summed E-state index contributed by atoms with van der Waals surface area (Å²) in [7, 11) is 0. The lowest BCUT2D eigenvalue weighted by atomic mass is 9.65. The third kappa shape index (κ3) is 1.84. The van der Waals surface area contributed by atoms with Crippen LogP contribution in [0, 0.1) is 23.7 Å². The number of carbonyl (C=O) groups excluding carboxylic acids is 1. The van der Waals surface area contributed by atoms with Gasteiger partial charge in [-0.15, -0.1) is 0 Å². The van der Waals surface area contributed by atoms with Crippen LogP contribution in [0.3, 0.4) is 0 Å². The van der Waals surface area contributed by atoms with Gasteiger partial charge in [0, 0.05) is 12.3 Å². The molecule has 5 atom stereocenters. The van der Waals surface area contributed by atoms with Gasteiger partial charge in [0.25, 0.3) is 0 Å². The minimum atomic E-state index is -0.690. The van der Waals surface area contributed by atoms with Gasteiger partial charge in [0.1, 0.15) is 0 Å². The van der Waals surface area contributed by atoms with Crippen molar-refractivity contribution in [3.05, 3.63) is 0 Å². The van der Waals surface area contributed by atoms with Crippen molar-refractivity contribution in [1.82, 2.24) is 0 Å². The molecule has 0 radical (unpaired) electrons. The molecule has 4 rings (SSSR count). The molecule has 2 aliphatic heterocycles. The first-order chi connectivity index (χ1) is 9.60. The number of hydrogen-bond acceptors (Lipinski definition) is 4. The van der Waals surface area contributed by atoms with E-state index in [1.807, 2.05) is 0 Å². The predicted molar refractivity (Wildman–Crippen MR) is 71.6 cm³/mol. The van der Waals surface area contributed by atoms with Crippen molar-refractivity contribution < 1.29 is 19.3 Å². The van der Waals surface area contributed by atoms with E-state index in [1.54, 1.807) is 0 Å². The Morgan fingerprint density at radius 2 is 1.95 bits per heavy atom. The summed E-state index contributed by atoms with van der Waals surface area (Å²) >= 11 is 0. The molecular formula is C16H24O4. The molecule has 2 saturated carbocycles. The minimum absolute atomic E-state index is 0.179. The molecular weight excluding hydrogens is 256 g/mol. The molecule has 0 aromatic carbocycles. The van der Waals surface area contributed by atoms with Crippen LogP contribution in [-0.4, -0.2) is 23.8 Å². The third-order valence-electron chi connectivity index (χ3n) is 6.28. The molecule has 4 aliphatic rings. The molecule has 2 aliphatic carbocycles. The van der Waals surface area contributed by atoms with Crippen LogP contribution >= 0.6 is 0 Å². The van der Waals surface area contributed by atoms with Crippen molar-refractivity contribution >= 4 is 5.97 Å². The van der Waals surface area contributed by atoms with Gasteiger partial charge in [0.15, 0.2) is 0 Å². The monoisotopic (exact) mass is 280 g/mol. The van der Waals surface area contributed by atoms with E-state index in [0.29, 0.717) is 18.4 Å². The number of carbonyl (C=O) groups is 1. The average molecular weight is 280 g/mol. The molecule has 0 amide bonds. The molecule has 4 fully saturated rings. The smallest absolute Gasteiger partial charge is 0.369 e. The first-order valence-corrected chi connectivity index (χ1v) is 8.16. The van der Waals surface area contributed by atoms with E-state index in [9.17, 15) is 4.79 Å². The molecule has 2 heterocycles. The zero-order chi connectivity index (χ0) is 13.9. The SMILES string of the molecule is CC1CCC(CC2C3OC3CC3(OOC3=O)C2C)CC1. The number of ether oxygens (including phenoxy) is 1. The Balaban J connectivity index is 1.46. The normalized spacial score (nSPS) is 54.0. The van der Waals surface area contributed by atoms with E-state index in [1.165, 1.54) is 32.1 Å². The predicted octanol–water partition coefficient (Wildman–Crippen LogP) is 2.85. The zero-order valence-corrected chi connectivity index (χ0v) is 12.3. The fourth-order valence-corrected chi connectivity index (χ4v) is 4.66. The molecule has 20 heavy (non-hydrogen) atoms. The Morgan fingerprint density at radius 1 is 1.20 bits per heavy atom. The lowest BCUT2D eigenvalue weighted by Gasteiger charge is -2.46. The molecule has 4 heteroatoms. The summed E-state index contributed by atoms with van der Waals surface area (Å²) in [4.78, 5) is 21.8. The van der Waals surface area contributed by atoms with Crippen LogP contribution in [0.2, 0.25) is 0 Å². The van der Waals surface area contributed by atoms with Gasteiger partial charge in [0.05, 0.1) is 12.2 Å². The van der Waals surface area contributed by atoms with Gasteiger partial charge in [-0.2, -0.15) is 4.89 Å². The average Bonchev–Trinajstić information content (AvgIpc) is 3.21. The first kappa shape index (κ1) is 13.1. The molecule has 0 N–H and O–H groups in total. The largest absolute Gasteiger partial charge is 0.378 e. The van der Waals surface area contributed by atoms with Crippen LogP contribution in [0.4, 0.5) is 0 Å². The Hall–Kier alpha value is -0.610. The highest BCUT2D eigenvalue weighted by Gasteiger charge is 2.69. The third-order valence-corrected chi connectivity index (χ3v) is 6.28. The van der Waals surface area contributed by atoms with Crippen LogP contribution in [-0.2, 0) is 19.3 Å². The Morgan fingerprint density at radius 3 is 2.55 bits per heavy atom. The lowest BCUT2D eigenvalue weighted by Crippen LogP contribution is -2.62. The summed E-state index contributed by atoms with van der Waals surface area (Å²) in [6, 6.07) is 0. The number of hydrogen-bond donors (Lipinski definition) is 0. The summed E-state index contributed by atoms with van der Waals surface area (Å²) in [5.74, 6) is 2.18. The second-order valence-corrected chi connectivity index (χ2v) is 7.50. The maximum absolute atomic E-state index is 11.9. The molecule has 5 unspecified atom stereocenters. The van der Waals surface area contributed by atoms with Crippen molar-refractivity contribution in [2.75, 3.05) is 0 Å². The molecule has 0 aromatic rings. The Kier molecular flexibility index (Phi) is 2.90. The van der Waals surface area contributed by atoms with Crippen LogP contribution in [0.1, 0.15) is 52.4 Å². The second kappa shape index (κ2) is 4.44. The van der Waals surface area contributed by atoms with E-state index in [4.69, 9.17) is 9.62 Å². The quantitative estimate of drug-likeness (QED) is 0.576. The molecule has 0 aromatic heterocycles. The first-order valence-electron chi connectivity index (χ1n) is 8.16. The highest BCUT2D eigenvalue weighted by atomic mass is 17.3. The fraction of sp³-hybridized carbons (Fsp3) is 0.938. The zero-order valence-electron chi connectivity index (χ0n) is 12.3. The van der Waals surface area contributed by atoms with E-state index in [-0.39, 0.29) is 18.0 Å². The second-order valence-electron chi connectivity index (χ2n) is 7.50. The molecule has 112 valence electrons. The van der Waals surface area contributed by atoms with Crippen LogP contribution in [0.25, 0.3) is 0 Å². The van der Waals surface area contributed by atoms with Gasteiger partial charge < -0.3 is 4.74 Å². The molecule has 2 saturated heterocycles. The maximum atomic E-state index is 11.9. The topological polar surface area (TPSA) is 48.1 Å². The van der Waals surface area contributed by atoms with Gasteiger partial charge in [-0.3, -0.25) is 4.89 Å². The number of rotatable bonds is 2. The molecule has 0 bridgehead atoms. The summed E-state index contributed by atoms with van der Waals surface area (Å²) < 4.78 is 5.82. The summed E-state index contributed by atoms with van der Waals surface area (Å²) in [5.41, 5.74) is -0.690. The van der Waals surface area contributed by atoms with Gasteiger partial charge in [0.2, 0.25) is 5.60 Å². The lowest BCUT2D eigenvalue weighted by molar-refractivity contribution is -0.418. The number of fused-ring (bicyclic) bond motifs is 1. The summed E-state index contributed by atoms with van der Waals surface area (Å²) in [6.45, 7) is 4.50. The Bertz CT molecular complexity index is 415. The summed E-state index contributed by atoms with van der Waals surface area (Å²) in [5, 5.41) is 0. The van der Waals surface area contributed by atoms with Crippen molar-refractivity contribution in [3.63, 3.8) is 0 Å². The van der Waals surface area contributed by atoms with Crippen molar-refractivity contribution in [2.24, 2.45) is 23.7 Å². The van der Waals surface area contributed by atoms with Gasteiger partial charge in [-0.05, 0) is 24.2 Å². The van der Waals surface area contributed by atoms with E-state index in [2.05, 4.69) is 18.7 Å². The minimum Gasteiger partial charge on any atom is -0.369 e. The number of epoxide rings is 1. The van der Waals surface area contributed by atoms with E-state index >= 15 is 0 Å². The van der Waals surface area contributed by atoms with Crippen LogP contribution < -0.4 is 0 Å². The summed E-state index contributed by atoms with van der Waals surface area (Å²) in [6.07, 6.45) is 7.84. The van der Waals surface area contributed by atoms with Gasteiger partial charge in [-0.25, -0.2) is 4.79 Å². The molecule has 1 spiro atoms. The molecule has 4 nitrogen and oxygen atoms in total. The standard InChI is InChI=1S/C16H24O4/c1-9-3-5-11(6-4-9)7-12-10(2)16(15(17)19-20-16)8-13-14(12)18-13/h9-14H,3-8H2,1-2H3. The van der Waals surface area contributed by atoms with Gasteiger partial charge in [-0.1, -0.05) is 39.5 Å². The highest BCUT2D eigenvalue weighted by Crippen LogP contribution is 2.55. The van der Waals surface area contributed by atoms with Crippen LogP contribution in [0.15, 0.2) is 0 Å². The van der Waals surface area contributed by atoms with Crippen molar-refractivity contribution in [1.29, 1.82) is 0 Å². The van der Waals surface area contributed by atoms with Crippen molar-refractivity contribution in [3.8, 4) is 0 Å². The highest BCUT2D eigenvalue weighted by molar-refractivity contribution is 5.83. The maximum Gasteiger partial charge on any atom is 0.378 e. The van der Waals surface area contributed by atoms with Gasteiger partial charge >= 0.3 is 5.97 Å². The van der Waals surface area contributed by atoms with Crippen molar-refractivity contribution in [2.45, 2.75) is 70.2 Å². The Labute approximate surface area is 120 Å². The van der Waals surface area contributed by atoms with Crippen LogP contribution in [0.5, 0.6) is 0 Å². The van der Waals surface area contributed by atoms with E-state index in [0.717, 1.165) is 11.8 Å².